The summed E-state index contributed by atoms with van der Waals surface area (Å²) in [4.78, 5) is 0. The van der Waals surface area contributed by atoms with Gasteiger partial charge < -0.3 is 5.32 Å². The Hall–Kier alpha value is -1.03. The molecule has 0 saturated carbocycles. The summed E-state index contributed by atoms with van der Waals surface area (Å²) >= 11 is 0. The van der Waals surface area contributed by atoms with Crippen LogP contribution < -0.4 is 5.32 Å². The van der Waals surface area contributed by atoms with Gasteiger partial charge in [-0.2, -0.15) is 13.2 Å². The molecule has 4 heteroatoms. The van der Waals surface area contributed by atoms with Crippen LogP contribution in [0.3, 0.4) is 0 Å². The minimum Gasteiger partial charge on any atom is -0.306 e. The van der Waals surface area contributed by atoms with Crippen LogP contribution in [0.25, 0.3) is 0 Å². The van der Waals surface area contributed by atoms with Crippen molar-refractivity contribution in [3.8, 4) is 0 Å². The van der Waals surface area contributed by atoms with Gasteiger partial charge >= 0.3 is 6.18 Å². The zero-order valence-electron chi connectivity index (χ0n) is 8.94. The van der Waals surface area contributed by atoms with Crippen molar-refractivity contribution in [2.75, 3.05) is 7.05 Å². The van der Waals surface area contributed by atoms with E-state index < -0.39 is 12.2 Å². The Labute approximate surface area is 87.3 Å². The molecule has 1 unspecified atom stereocenters. The molecule has 0 aliphatic heterocycles. The second kappa shape index (κ2) is 4.23. The molecule has 1 aromatic rings. The number of rotatable bonds is 2. The molecule has 15 heavy (non-hydrogen) atoms. The van der Waals surface area contributed by atoms with Gasteiger partial charge in [-0.25, -0.2) is 0 Å². The highest BCUT2D eigenvalue weighted by Gasteiger charge is 2.40. The van der Waals surface area contributed by atoms with Crippen LogP contribution in [0, 0.1) is 13.8 Å². The van der Waals surface area contributed by atoms with E-state index in [1.807, 2.05) is 13.0 Å². The van der Waals surface area contributed by atoms with Gasteiger partial charge in [-0.1, -0.05) is 18.2 Å². The molecule has 1 atom stereocenters. The Bertz CT molecular complexity index is 344. The molecular formula is C11H14F3N. The van der Waals surface area contributed by atoms with Gasteiger partial charge in [0.25, 0.3) is 0 Å². The van der Waals surface area contributed by atoms with Crippen molar-refractivity contribution < 1.29 is 13.2 Å². The van der Waals surface area contributed by atoms with Gasteiger partial charge in [0.15, 0.2) is 0 Å². The van der Waals surface area contributed by atoms with Crippen molar-refractivity contribution >= 4 is 0 Å². The van der Waals surface area contributed by atoms with Gasteiger partial charge in [-0.05, 0) is 37.6 Å². The monoisotopic (exact) mass is 217 g/mol. The SMILES string of the molecule is CNC(c1cccc(C)c1C)C(F)(F)F. The van der Waals surface area contributed by atoms with Gasteiger partial charge in [0, 0.05) is 0 Å². The molecule has 1 N–H and O–H groups in total. The Balaban J connectivity index is 3.19. The molecule has 0 aromatic heterocycles. The van der Waals surface area contributed by atoms with E-state index in [0.717, 1.165) is 5.56 Å². The number of hydrogen-bond donors (Lipinski definition) is 1. The molecule has 0 amide bonds. The van der Waals surface area contributed by atoms with Gasteiger partial charge in [0.2, 0.25) is 0 Å². The number of halogens is 3. The fourth-order valence-corrected chi connectivity index (χ4v) is 1.58. The molecule has 0 fully saturated rings. The van der Waals surface area contributed by atoms with Gasteiger partial charge in [0.1, 0.15) is 6.04 Å². The summed E-state index contributed by atoms with van der Waals surface area (Å²) in [6.07, 6.45) is -4.26. The Morgan fingerprint density at radius 2 is 1.80 bits per heavy atom. The summed E-state index contributed by atoms with van der Waals surface area (Å²) in [5.41, 5.74) is 1.86. The summed E-state index contributed by atoms with van der Waals surface area (Å²) in [5.74, 6) is 0. The molecule has 0 spiro atoms. The molecule has 0 bridgehead atoms. The van der Waals surface area contributed by atoms with Crippen LogP contribution in [0.2, 0.25) is 0 Å². The highest BCUT2D eigenvalue weighted by molar-refractivity contribution is 5.36. The Morgan fingerprint density at radius 3 is 2.27 bits per heavy atom. The Morgan fingerprint density at radius 1 is 1.20 bits per heavy atom. The van der Waals surface area contributed by atoms with E-state index in [1.165, 1.54) is 13.1 Å². The van der Waals surface area contributed by atoms with E-state index in [0.29, 0.717) is 11.1 Å². The van der Waals surface area contributed by atoms with Crippen molar-refractivity contribution in [3.63, 3.8) is 0 Å². The zero-order valence-corrected chi connectivity index (χ0v) is 8.94. The largest absolute Gasteiger partial charge is 0.407 e. The lowest BCUT2D eigenvalue weighted by atomic mass is 9.97. The average Bonchev–Trinajstić information content (AvgIpc) is 2.11. The first kappa shape index (κ1) is 12.0. The Kier molecular flexibility index (Phi) is 3.39. The summed E-state index contributed by atoms with van der Waals surface area (Å²) in [6.45, 7) is 3.52. The molecule has 1 rings (SSSR count). The third-order valence-corrected chi connectivity index (χ3v) is 2.57. The van der Waals surface area contributed by atoms with Gasteiger partial charge in [-0.3, -0.25) is 0 Å². The number of benzene rings is 1. The first-order valence-corrected chi connectivity index (χ1v) is 4.68. The summed E-state index contributed by atoms with van der Waals surface area (Å²) in [7, 11) is 1.32. The van der Waals surface area contributed by atoms with Crippen molar-refractivity contribution in [1.29, 1.82) is 0 Å². The highest BCUT2D eigenvalue weighted by Crippen LogP contribution is 2.34. The van der Waals surface area contributed by atoms with Crippen LogP contribution in [0.1, 0.15) is 22.7 Å². The normalized spacial score (nSPS) is 14.0. The molecule has 0 aliphatic rings. The predicted octanol–water partition coefficient (Wildman–Crippen LogP) is 3.13. The van der Waals surface area contributed by atoms with Crippen molar-refractivity contribution in [2.45, 2.75) is 26.1 Å². The lowest BCUT2D eigenvalue weighted by Crippen LogP contribution is -2.32. The standard InChI is InChI=1S/C11H14F3N/c1-7-5-4-6-9(8(7)2)10(15-3)11(12,13)14/h4-6,10,15H,1-3H3. The fraction of sp³-hybridized carbons (Fsp3) is 0.455. The lowest BCUT2D eigenvalue weighted by Gasteiger charge is -2.22. The molecular weight excluding hydrogens is 203 g/mol. The van der Waals surface area contributed by atoms with Crippen LogP contribution >= 0.6 is 0 Å². The van der Waals surface area contributed by atoms with Gasteiger partial charge in [-0.15, -0.1) is 0 Å². The van der Waals surface area contributed by atoms with Crippen LogP contribution in [0.4, 0.5) is 13.2 Å². The summed E-state index contributed by atoms with van der Waals surface area (Å²) in [5, 5.41) is 2.30. The predicted molar refractivity (Wildman–Crippen MR) is 53.8 cm³/mol. The molecule has 0 radical (unpaired) electrons. The van der Waals surface area contributed by atoms with E-state index in [1.54, 1.807) is 13.0 Å². The second-order valence-corrected chi connectivity index (χ2v) is 3.55. The fourth-order valence-electron chi connectivity index (χ4n) is 1.58. The first-order chi connectivity index (χ1) is 6.88. The molecule has 0 heterocycles. The molecule has 0 aliphatic carbocycles. The summed E-state index contributed by atoms with van der Waals surface area (Å²) in [6, 6.07) is 3.38. The third-order valence-electron chi connectivity index (χ3n) is 2.57. The van der Waals surface area contributed by atoms with E-state index in [4.69, 9.17) is 0 Å². The minimum atomic E-state index is -4.26. The maximum atomic E-state index is 12.7. The number of alkyl halides is 3. The lowest BCUT2D eigenvalue weighted by molar-refractivity contribution is -0.156. The van der Waals surface area contributed by atoms with Crippen LogP contribution in [0.5, 0.6) is 0 Å². The van der Waals surface area contributed by atoms with E-state index >= 15 is 0 Å². The average molecular weight is 217 g/mol. The smallest absolute Gasteiger partial charge is 0.306 e. The van der Waals surface area contributed by atoms with E-state index in [9.17, 15) is 13.2 Å². The quantitative estimate of drug-likeness (QED) is 0.802. The topological polar surface area (TPSA) is 12.0 Å². The van der Waals surface area contributed by atoms with Crippen LogP contribution in [-0.2, 0) is 0 Å². The third kappa shape index (κ3) is 2.50. The van der Waals surface area contributed by atoms with Crippen molar-refractivity contribution in [2.24, 2.45) is 0 Å². The molecule has 84 valence electrons. The second-order valence-electron chi connectivity index (χ2n) is 3.55. The van der Waals surface area contributed by atoms with Gasteiger partial charge in [0.05, 0.1) is 0 Å². The number of hydrogen-bond acceptors (Lipinski definition) is 1. The van der Waals surface area contributed by atoms with E-state index in [-0.39, 0.29) is 0 Å². The molecule has 1 aromatic carbocycles. The molecule has 0 saturated heterocycles. The highest BCUT2D eigenvalue weighted by atomic mass is 19.4. The maximum Gasteiger partial charge on any atom is 0.407 e. The van der Waals surface area contributed by atoms with Crippen LogP contribution in [0.15, 0.2) is 18.2 Å². The van der Waals surface area contributed by atoms with Crippen molar-refractivity contribution in [1.82, 2.24) is 5.32 Å². The first-order valence-electron chi connectivity index (χ1n) is 4.68. The minimum absolute atomic E-state index is 0.296. The number of aryl methyl sites for hydroxylation is 1. The van der Waals surface area contributed by atoms with Crippen LogP contribution in [-0.4, -0.2) is 13.2 Å². The maximum absolute atomic E-state index is 12.7. The van der Waals surface area contributed by atoms with E-state index in [2.05, 4.69) is 5.32 Å². The molecule has 1 nitrogen and oxygen atoms in total. The van der Waals surface area contributed by atoms with Crippen molar-refractivity contribution in [3.05, 3.63) is 34.9 Å². The number of nitrogens with one attached hydrogen (secondary N) is 1. The summed E-state index contributed by atoms with van der Waals surface area (Å²) < 4.78 is 38.0. The zero-order chi connectivity index (χ0) is 11.6.